The molecule has 2 aromatic carbocycles. The highest BCUT2D eigenvalue weighted by Gasteiger charge is 2.12. The van der Waals surface area contributed by atoms with E-state index in [1.165, 1.54) is 11.1 Å². The average Bonchev–Trinajstić information content (AvgIpc) is 2.49. The fraction of sp³-hybridized carbons (Fsp3) is 0.235. The maximum absolute atomic E-state index is 9.58. The number of aliphatic hydroxyl groups excluding tert-OH is 1. The summed E-state index contributed by atoms with van der Waals surface area (Å²) < 4.78 is 0. The van der Waals surface area contributed by atoms with Gasteiger partial charge in [-0.15, -0.1) is 0 Å². The molecule has 1 N–H and O–H groups in total. The number of nitrogens with zero attached hydrogens (tertiary/aromatic N) is 2. The quantitative estimate of drug-likeness (QED) is 0.817. The van der Waals surface area contributed by atoms with Crippen LogP contribution in [0, 0.1) is 11.3 Å². The Morgan fingerprint density at radius 1 is 0.900 bits per heavy atom. The molecule has 1 atom stereocenters. The van der Waals surface area contributed by atoms with Crippen molar-refractivity contribution in [3.8, 4) is 6.07 Å². The van der Waals surface area contributed by atoms with Gasteiger partial charge >= 0.3 is 0 Å². The Kier molecular flexibility index (Phi) is 5.31. The van der Waals surface area contributed by atoms with Crippen LogP contribution in [-0.2, 0) is 13.1 Å². The third-order valence-corrected chi connectivity index (χ3v) is 3.08. The highest BCUT2D eigenvalue weighted by molar-refractivity contribution is 5.17. The van der Waals surface area contributed by atoms with Crippen LogP contribution in [-0.4, -0.2) is 22.7 Å². The molecule has 0 saturated carbocycles. The SMILES string of the molecule is N#C[C@@H](O)CN(Cc1ccccc1)Cc1ccccc1. The van der Waals surface area contributed by atoms with Gasteiger partial charge in [-0.05, 0) is 11.1 Å². The first-order chi connectivity index (χ1) is 9.78. The van der Waals surface area contributed by atoms with E-state index >= 15 is 0 Å². The summed E-state index contributed by atoms with van der Waals surface area (Å²) in [5.74, 6) is 0. The summed E-state index contributed by atoms with van der Waals surface area (Å²) >= 11 is 0. The predicted molar refractivity (Wildman–Crippen MR) is 78.6 cm³/mol. The van der Waals surface area contributed by atoms with Gasteiger partial charge in [0.25, 0.3) is 0 Å². The van der Waals surface area contributed by atoms with Crippen LogP contribution >= 0.6 is 0 Å². The molecule has 0 spiro atoms. The lowest BCUT2D eigenvalue weighted by atomic mass is 10.1. The van der Waals surface area contributed by atoms with Crippen LogP contribution in [0.15, 0.2) is 60.7 Å². The van der Waals surface area contributed by atoms with Crippen LogP contribution < -0.4 is 0 Å². The van der Waals surface area contributed by atoms with Crippen LogP contribution in [0.5, 0.6) is 0 Å². The van der Waals surface area contributed by atoms with Crippen LogP contribution in [0.3, 0.4) is 0 Å². The first kappa shape index (κ1) is 14.3. The Morgan fingerprint density at radius 2 is 1.35 bits per heavy atom. The lowest BCUT2D eigenvalue weighted by molar-refractivity contribution is 0.142. The van der Waals surface area contributed by atoms with E-state index in [9.17, 15) is 5.11 Å². The summed E-state index contributed by atoms with van der Waals surface area (Å²) in [6.45, 7) is 1.78. The van der Waals surface area contributed by atoms with E-state index in [2.05, 4.69) is 29.2 Å². The molecular weight excluding hydrogens is 248 g/mol. The number of benzene rings is 2. The topological polar surface area (TPSA) is 47.3 Å². The van der Waals surface area contributed by atoms with Crippen LogP contribution in [0.25, 0.3) is 0 Å². The normalized spacial score (nSPS) is 12.1. The van der Waals surface area contributed by atoms with Crippen molar-refractivity contribution in [3.05, 3.63) is 71.8 Å². The second-order valence-electron chi connectivity index (χ2n) is 4.79. The lowest BCUT2D eigenvalue weighted by Crippen LogP contribution is -2.31. The van der Waals surface area contributed by atoms with Gasteiger partial charge in [0.15, 0.2) is 6.10 Å². The number of nitriles is 1. The molecule has 0 aromatic heterocycles. The Balaban J connectivity index is 2.06. The summed E-state index contributed by atoms with van der Waals surface area (Å²) in [6.07, 6.45) is -0.956. The van der Waals surface area contributed by atoms with Gasteiger partial charge in [-0.3, -0.25) is 4.90 Å². The van der Waals surface area contributed by atoms with E-state index < -0.39 is 6.10 Å². The molecule has 0 bridgehead atoms. The minimum absolute atomic E-state index is 0.348. The van der Waals surface area contributed by atoms with Crippen LogP contribution in [0.1, 0.15) is 11.1 Å². The molecule has 0 aliphatic rings. The maximum atomic E-state index is 9.58. The molecule has 0 amide bonds. The molecule has 20 heavy (non-hydrogen) atoms. The zero-order valence-electron chi connectivity index (χ0n) is 11.3. The van der Waals surface area contributed by atoms with E-state index in [1.54, 1.807) is 0 Å². The number of hydrogen-bond acceptors (Lipinski definition) is 3. The molecule has 0 fully saturated rings. The van der Waals surface area contributed by atoms with Crippen LogP contribution in [0.4, 0.5) is 0 Å². The molecule has 102 valence electrons. The number of hydrogen-bond donors (Lipinski definition) is 1. The summed E-state index contributed by atoms with van der Waals surface area (Å²) in [7, 11) is 0. The van der Waals surface area contributed by atoms with Gasteiger partial charge in [0.2, 0.25) is 0 Å². The van der Waals surface area contributed by atoms with Gasteiger partial charge in [-0.25, -0.2) is 0 Å². The summed E-state index contributed by atoms with van der Waals surface area (Å²) in [4.78, 5) is 2.08. The molecule has 3 nitrogen and oxygen atoms in total. The molecule has 0 aliphatic carbocycles. The Morgan fingerprint density at radius 3 is 1.75 bits per heavy atom. The van der Waals surface area contributed by atoms with Gasteiger partial charge in [0, 0.05) is 19.6 Å². The minimum Gasteiger partial charge on any atom is -0.377 e. The van der Waals surface area contributed by atoms with E-state index in [4.69, 9.17) is 5.26 Å². The highest BCUT2D eigenvalue weighted by atomic mass is 16.3. The van der Waals surface area contributed by atoms with E-state index in [0.717, 1.165) is 0 Å². The molecule has 2 aromatic rings. The standard InChI is InChI=1S/C17H18N2O/c18-11-17(20)14-19(12-15-7-3-1-4-8-15)13-16-9-5-2-6-10-16/h1-10,17,20H,12-14H2/t17-/m1/s1. The summed E-state index contributed by atoms with van der Waals surface area (Å²) in [5, 5.41) is 18.4. The largest absolute Gasteiger partial charge is 0.377 e. The summed E-state index contributed by atoms with van der Waals surface area (Å²) in [6, 6.07) is 22.0. The third kappa shape index (κ3) is 4.51. The Bertz CT molecular complexity index is 507. The van der Waals surface area contributed by atoms with E-state index in [0.29, 0.717) is 19.6 Å². The first-order valence-corrected chi connectivity index (χ1v) is 6.66. The van der Waals surface area contributed by atoms with Gasteiger partial charge in [-0.1, -0.05) is 60.7 Å². The Hall–Kier alpha value is -2.15. The van der Waals surface area contributed by atoms with Crippen molar-refractivity contribution in [2.75, 3.05) is 6.54 Å². The van der Waals surface area contributed by atoms with Crippen molar-refractivity contribution in [2.45, 2.75) is 19.2 Å². The van der Waals surface area contributed by atoms with Crippen molar-refractivity contribution in [2.24, 2.45) is 0 Å². The van der Waals surface area contributed by atoms with Gasteiger partial charge < -0.3 is 5.11 Å². The van der Waals surface area contributed by atoms with E-state index in [-0.39, 0.29) is 0 Å². The number of aliphatic hydroxyl groups is 1. The van der Waals surface area contributed by atoms with Gasteiger partial charge in [-0.2, -0.15) is 5.26 Å². The molecule has 0 heterocycles. The predicted octanol–water partition coefficient (Wildman–Crippen LogP) is 2.57. The molecule has 2 rings (SSSR count). The number of rotatable bonds is 6. The first-order valence-electron chi connectivity index (χ1n) is 6.66. The average molecular weight is 266 g/mol. The fourth-order valence-corrected chi connectivity index (χ4v) is 2.15. The fourth-order valence-electron chi connectivity index (χ4n) is 2.15. The van der Waals surface area contributed by atoms with Crippen molar-refractivity contribution in [1.29, 1.82) is 5.26 Å². The minimum atomic E-state index is -0.956. The second-order valence-corrected chi connectivity index (χ2v) is 4.79. The van der Waals surface area contributed by atoms with Gasteiger partial charge in [0.05, 0.1) is 6.07 Å². The van der Waals surface area contributed by atoms with Crippen molar-refractivity contribution in [1.82, 2.24) is 4.90 Å². The zero-order chi connectivity index (χ0) is 14.2. The second kappa shape index (κ2) is 7.44. The molecule has 0 aliphatic heterocycles. The van der Waals surface area contributed by atoms with Crippen LogP contribution in [0.2, 0.25) is 0 Å². The molecule has 0 unspecified atom stereocenters. The summed E-state index contributed by atoms with van der Waals surface area (Å²) in [5.41, 5.74) is 2.35. The van der Waals surface area contributed by atoms with Crippen molar-refractivity contribution < 1.29 is 5.11 Å². The van der Waals surface area contributed by atoms with Crippen molar-refractivity contribution in [3.63, 3.8) is 0 Å². The maximum Gasteiger partial charge on any atom is 0.153 e. The highest BCUT2D eigenvalue weighted by Crippen LogP contribution is 2.10. The molecule has 0 radical (unpaired) electrons. The lowest BCUT2D eigenvalue weighted by Gasteiger charge is -2.23. The zero-order valence-corrected chi connectivity index (χ0v) is 11.3. The van der Waals surface area contributed by atoms with E-state index in [1.807, 2.05) is 42.5 Å². The molecule has 3 heteroatoms. The molecule has 0 saturated heterocycles. The molecular formula is C17H18N2O. The third-order valence-electron chi connectivity index (χ3n) is 3.08. The van der Waals surface area contributed by atoms with Gasteiger partial charge in [0.1, 0.15) is 0 Å². The van der Waals surface area contributed by atoms with Crippen molar-refractivity contribution >= 4 is 0 Å². The Labute approximate surface area is 119 Å². The monoisotopic (exact) mass is 266 g/mol. The smallest absolute Gasteiger partial charge is 0.153 e.